The minimum Gasteiger partial charge on any atom is -1.00 e. The van der Waals surface area contributed by atoms with Gasteiger partial charge in [-0.2, -0.15) is 0 Å². The molecule has 0 spiro atoms. The molecule has 0 heterocycles. The molecule has 0 bridgehead atoms. The molecular weight excluding hydrogens is 435 g/mol. The van der Waals surface area contributed by atoms with E-state index < -0.39 is 0 Å². The lowest BCUT2D eigenvalue weighted by Gasteiger charge is -2.30. The van der Waals surface area contributed by atoms with Crippen LogP contribution in [0.2, 0.25) is 0 Å². The lowest BCUT2D eigenvalue weighted by Crippen LogP contribution is -3.00. The van der Waals surface area contributed by atoms with Gasteiger partial charge in [-0.1, -0.05) is 117 Å². The Balaban J connectivity index is -0.000000738. The van der Waals surface area contributed by atoms with E-state index >= 15 is 0 Å². The van der Waals surface area contributed by atoms with E-state index in [0.717, 1.165) is 0 Å². The maximum Gasteiger partial charge on any atom is 0.0782 e. The molecule has 200 valence electrons. The normalized spacial score (nSPS) is 10.7. The fourth-order valence-electron chi connectivity index (χ4n) is 4.17. The third kappa shape index (κ3) is 37.8. The Labute approximate surface area is 217 Å². The van der Waals surface area contributed by atoms with Crippen LogP contribution in [0.3, 0.4) is 0 Å². The number of rotatable bonds is 22. The standard InChI is InChI=1S/C26H56N.C2H7N.2ClH/c1-5-7-9-11-13-15-17-19-21-23-25-27(3,4)26-24-22-20-18-16-14-12-10-8-6-2;1-3-2;;/h5-26H2,1-4H3;3H,1-2H3;2*1H/q+1;;;/p-1. The summed E-state index contributed by atoms with van der Waals surface area (Å²) in [7, 11) is 8.89. The summed E-state index contributed by atoms with van der Waals surface area (Å²) in [5, 5.41) is 2.00. The van der Waals surface area contributed by atoms with Crippen LogP contribution in [0.15, 0.2) is 0 Å². The van der Waals surface area contributed by atoms with Gasteiger partial charge in [0.05, 0.1) is 41.3 Å². The van der Waals surface area contributed by atoms with Gasteiger partial charge in [0, 0.05) is 0 Å². The highest BCUT2D eigenvalue weighted by Crippen LogP contribution is 2.14. The first-order chi connectivity index (χ1) is 14.5. The van der Waals surface area contributed by atoms with Crippen molar-refractivity contribution < 1.29 is 34.6 Å². The van der Waals surface area contributed by atoms with E-state index in [0.29, 0.717) is 0 Å². The van der Waals surface area contributed by atoms with Crippen LogP contribution in [-0.2, 0) is 0 Å². The molecule has 0 aromatic carbocycles. The molecule has 0 aromatic rings. The van der Waals surface area contributed by atoms with Crippen molar-refractivity contribution in [3.05, 3.63) is 0 Å². The Morgan fingerprint density at radius 1 is 0.406 bits per heavy atom. The Bertz CT molecular complexity index is 273. The maximum atomic E-state index is 2.45. The first-order valence-electron chi connectivity index (χ1n) is 14.1. The van der Waals surface area contributed by atoms with Gasteiger partial charge in [-0.3, -0.25) is 0 Å². The van der Waals surface area contributed by atoms with Crippen LogP contribution in [0.25, 0.3) is 0 Å². The van der Waals surface area contributed by atoms with E-state index in [1.165, 1.54) is 146 Å². The second-order valence-corrected chi connectivity index (χ2v) is 10.3. The van der Waals surface area contributed by atoms with Crippen molar-refractivity contribution >= 4 is 0 Å². The first kappa shape index (κ1) is 39.7. The molecule has 0 atom stereocenters. The smallest absolute Gasteiger partial charge is 0.0782 e. The highest BCUT2D eigenvalue weighted by Gasteiger charge is 2.13. The van der Waals surface area contributed by atoms with Gasteiger partial charge in [0.25, 0.3) is 0 Å². The van der Waals surface area contributed by atoms with Crippen LogP contribution in [0.5, 0.6) is 0 Å². The number of unbranched alkanes of at least 4 members (excludes halogenated alkanes) is 18. The van der Waals surface area contributed by atoms with Gasteiger partial charge in [-0.05, 0) is 25.7 Å². The van der Waals surface area contributed by atoms with Gasteiger partial charge in [-0.15, -0.1) is 0 Å². The number of hydrogen-bond donors (Lipinski definition) is 1. The van der Waals surface area contributed by atoms with Gasteiger partial charge in [-0.25, -0.2) is 0 Å². The molecule has 0 amide bonds. The number of quaternary nitrogens is 2. The summed E-state index contributed by atoms with van der Waals surface area (Å²) in [4.78, 5) is 0. The van der Waals surface area contributed by atoms with Gasteiger partial charge < -0.3 is 34.6 Å². The van der Waals surface area contributed by atoms with Crippen LogP contribution in [0.4, 0.5) is 0 Å². The minimum absolute atomic E-state index is 0. The topological polar surface area (TPSA) is 16.6 Å². The molecule has 0 aliphatic carbocycles. The van der Waals surface area contributed by atoms with Gasteiger partial charge in [0.1, 0.15) is 0 Å². The number of nitrogens with zero attached hydrogens (tertiary/aromatic N) is 1. The van der Waals surface area contributed by atoms with Crippen molar-refractivity contribution in [3.8, 4) is 0 Å². The number of nitrogens with two attached hydrogens (primary N) is 1. The summed E-state index contributed by atoms with van der Waals surface area (Å²) in [6.07, 6.45) is 29.0. The third-order valence-electron chi connectivity index (χ3n) is 6.23. The van der Waals surface area contributed by atoms with Crippen LogP contribution in [0, 0.1) is 0 Å². The van der Waals surface area contributed by atoms with E-state index in [-0.39, 0.29) is 24.8 Å². The number of halogens is 2. The third-order valence-corrected chi connectivity index (χ3v) is 6.23. The van der Waals surface area contributed by atoms with Crippen molar-refractivity contribution in [1.82, 2.24) is 0 Å². The molecular formula is C28H64Cl2N2. The summed E-state index contributed by atoms with van der Waals surface area (Å²) < 4.78 is 1.24. The van der Waals surface area contributed by atoms with E-state index in [2.05, 4.69) is 27.9 Å². The molecule has 0 saturated heterocycles. The largest absolute Gasteiger partial charge is 1.00 e. The molecule has 0 rings (SSSR count). The average Bonchev–Trinajstić information content (AvgIpc) is 2.71. The predicted octanol–water partition coefficient (Wildman–Crippen LogP) is 1.72. The van der Waals surface area contributed by atoms with Gasteiger partial charge in [0.2, 0.25) is 0 Å². The molecule has 32 heavy (non-hydrogen) atoms. The summed E-state index contributed by atoms with van der Waals surface area (Å²) in [5.41, 5.74) is 0. The van der Waals surface area contributed by atoms with E-state index in [1.807, 2.05) is 19.4 Å². The fraction of sp³-hybridized carbons (Fsp3) is 1.00. The predicted molar refractivity (Wildman–Crippen MR) is 139 cm³/mol. The maximum absolute atomic E-state index is 2.45. The van der Waals surface area contributed by atoms with Crippen molar-refractivity contribution in [2.75, 3.05) is 41.3 Å². The number of hydrogen-bond acceptors (Lipinski definition) is 0. The van der Waals surface area contributed by atoms with Gasteiger partial charge >= 0.3 is 0 Å². The van der Waals surface area contributed by atoms with E-state index in [9.17, 15) is 0 Å². The second-order valence-electron chi connectivity index (χ2n) is 10.3. The minimum atomic E-state index is 0. The van der Waals surface area contributed by atoms with E-state index in [4.69, 9.17) is 0 Å². The molecule has 0 aliphatic rings. The van der Waals surface area contributed by atoms with Gasteiger partial charge in [0.15, 0.2) is 0 Å². The van der Waals surface area contributed by atoms with Crippen LogP contribution in [0.1, 0.15) is 142 Å². The molecule has 2 N–H and O–H groups in total. The highest BCUT2D eigenvalue weighted by atomic mass is 35.5. The SMILES string of the molecule is CCCCCCCCCCCC[N+](C)(C)CCCCCCCCCCCC.C[NH2+]C.[Cl-].[Cl-]. The van der Waals surface area contributed by atoms with E-state index in [1.54, 1.807) is 0 Å². The average molecular weight is 500 g/mol. The lowest BCUT2D eigenvalue weighted by molar-refractivity contribution is -0.890. The second kappa shape index (κ2) is 33.7. The Morgan fingerprint density at radius 2 is 0.594 bits per heavy atom. The summed E-state index contributed by atoms with van der Waals surface area (Å²) in [6, 6.07) is 0. The van der Waals surface area contributed by atoms with Crippen LogP contribution < -0.4 is 30.1 Å². The molecule has 0 aliphatic heterocycles. The molecule has 0 unspecified atom stereocenters. The Morgan fingerprint density at radius 3 is 0.812 bits per heavy atom. The monoisotopic (exact) mass is 498 g/mol. The molecule has 0 fully saturated rings. The van der Waals surface area contributed by atoms with Crippen molar-refractivity contribution in [3.63, 3.8) is 0 Å². The molecule has 0 radical (unpaired) electrons. The fourth-order valence-corrected chi connectivity index (χ4v) is 4.17. The van der Waals surface area contributed by atoms with Crippen LogP contribution in [-0.4, -0.2) is 45.8 Å². The quantitative estimate of drug-likeness (QED) is 0.173. The summed E-state index contributed by atoms with van der Waals surface area (Å²) in [6.45, 7) is 7.37. The molecule has 0 aromatic heterocycles. The molecule has 0 saturated carbocycles. The highest BCUT2D eigenvalue weighted by molar-refractivity contribution is 4.50. The first-order valence-corrected chi connectivity index (χ1v) is 14.1. The Hall–Kier alpha value is 0.500. The Kier molecular flexibility index (Phi) is 41.8. The van der Waals surface area contributed by atoms with Crippen molar-refractivity contribution in [1.29, 1.82) is 0 Å². The van der Waals surface area contributed by atoms with Crippen LogP contribution >= 0.6 is 0 Å². The molecule has 4 heteroatoms. The summed E-state index contributed by atoms with van der Waals surface area (Å²) in [5.74, 6) is 0. The van der Waals surface area contributed by atoms with Crippen molar-refractivity contribution in [2.24, 2.45) is 0 Å². The lowest BCUT2D eigenvalue weighted by atomic mass is 10.1. The van der Waals surface area contributed by atoms with Crippen molar-refractivity contribution in [2.45, 2.75) is 142 Å². The zero-order valence-electron chi connectivity index (χ0n) is 23.3. The zero-order chi connectivity index (χ0) is 22.8. The molecule has 2 nitrogen and oxygen atoms in total. The summed E-state index contributed by atoms with van der Waals surface area (Å²) >= 11 is 0. The zero-order valence-corrected chi connectivity index (χ0v) is 24.8.